The van der Waals surface area contributed by atoms with Gasteiger partial charge >= 0.3 is 22.3 Å². The third-order valence-electron chi connectivity index (χ3n) is 3.75. The smallest absolute Gasteiger partial charge is 0.394 e. The van der Waals surface area contributed by atoms with Crippen molar-refractivity contribution in [1.29, 1.82) is 0 Å². The molecule has 0 aromatic heterocycles. The zero-order valence-corrected chi connectivity index (χ0v) is 14.8. The van der Waals surface area contributed by atoms with Crippen molar-refractivity contribution in [2.75, 3.05) is 13.1 Å². The molecule has 0 radical (unpaired) electrons. The third-order valence-corrected chi connectivity index (χ3v) is 3.75. The van der Waals surface area contributed by atoms with E-state index in [4.69, 9.17) is 22.6 Å². The fourth-order valence-corrected chi connectivity index (χ4v) is 2.76. The topological polar surface area (TPSA) is 182 Å². The SMILES string of the molecule is CCC[C@@]1(C(=O)O)CCCN1C(=O)[C@H](C)NCC(=O)O.O=S(=O)(O)O. The summed E-state index contributed by atoms with van der Waals surface area (Å²) in [6.07, 6.45) is 2.20. The van der Waals surface area contributed by atoms with Gasteiger partial charge in [-0.05, 0) is 26.2 Å². The quantitative estimate of drug-likeness (QED) is 0.363. The Morgan fingerprint density at radius 2 is 1.76 bits per heavy atom. The molecular weight excluding hydrogens is 360 g/mol. The second-order valence-electron chi connectivity index (χ2n) is 5.62. The lowest BCUT2D eigenvalue weighted by Gasteiger charge is -2.36. The van der Waals surface area contributed by atoms with Gasteiger partial charge in [-0.15, -0.1) is 0 Å². The number of carbonyl (C=O) groups is 3. The zero-order valence-electron chi connectivity index (χ0n) is 14.0. The Hall–Kier alpha value is -1.76. The Morgan fingerprint density at radius 1 is 1.24 bits per heavy atom. The Bertz CT molecular complexity index is 584. The summed E-state index contributed by atoms with van der Waals surface area (Å²) in [6.45, 7) is 3.53. The summed E-state index contributed by atoms with van der Waals surface area (Å²) in [5, 5.41) is 20.7. The summed E-state index contributed by atoms with van der Waals surface area (Å²) >= 11 is 0. The number of nitrogens with one attached hydrogen (secondary N) is 1. The minimum Gasteiger partial charge on any atom is -0.480 e. The molecule has 146 valence electrons. The molecule has 2 atom stereocenters. The molecule has 1 saturated heterocycles. The normalized spacial score (nSPS) is 21.2. The molecule has 1 aliphatic heterocycles. The molecule has 0 aliphatic carbocycles. The molecule has 0 unspecified atom stereocenters. The second-order valence-corrected chi connectivity index (χ2v) is 6.52. The van der Waals surface area contributed by atoms with Crippen LogP contribution in [0.3, 0.4) is 0 Å². The molecule has 0 bridgehead atoms. The molecule has 0 aromatic carbocycles. The molecule has 1 fully saturated rings. The minimum atomic E-state index is -4.67. The van der Waals surface area contributed by atoms with Crippen LogP contribution < -0.4 is 5.32 Å². The number of carbonyl (C=O) groups excluding carboxylic acids is 1. The van der Waals surface area contributed by atoms with Crippen molar-refractivity contribution >= 4 is 28.2 Å². The fraction of sp³-hybridized carbons (Fsp3) is 0.769. The monoisotopic (exact) mass is 384 g/mol. The van der Waals surface area contributed by atoms with Crippen molar-refractivity contribution in [1.82, 2.24) is 10.2 Å². The van der Waals surface area contributed by atoms with Crippen LogP contribution in [0.25, 0.3) is 0 Å². The molecule has 11 nitrogen and oxygen atoms in total. The van der Waals surface area contributed by atoms with E-state index in [0.29, 0.717) is 32.2 Å². The van der Waals surface area contributed by atoms with Crippen molar-refractivity contribution in [3.63, 3.8) is 0 Å². The Labute approximate surface area is 145 Å². The standard InChI is InChI=1S/C13H22N2O5.H2O4S/c1-3-5-13(12(19)20)6-4-7-15(13)11(18)9(2)14-8-10(16)17;1-5(2,3)4/h9,14H,3-8H2,1-2H3,(H,16,17)(H,19,20);(H2,1,2,3,4)/t9-,13-;/m0./s1. The van der Waals surface area contributed by atoms with E-state index in [2.05, 4.69) is 5.32 Å². The van der Waals surface area contributed by atoms with Crippen LogP contribution in [0, 0.1) is 0 Å². The summed E-state index contributed by atoms with van der Waals surface area (Å²) in [4.78, 5) is 35.9. The Morgan fingerprint density at radius 3 is 2.16 bits per heavy atom. The second kappa shape index (κ2) is 9.65. The first-order valence-electron chi connectivity index (χ1n) is 7.55. The van der Waals surface area contributed by atoms with E-state index in [1.54, 1.807) is 6.92 Å². The van der Waals surface area contributed by atoms with E-state index in [9.17, 15) is 19.5 Å². The summed E-state index contributed by atoms with van der Waals surface area (Å²) in [5.74, 6) is -2.38. The zero-order chi connectivity index (χ0) is 19.8. The van der Waals surface area contributed by atoms with Gasteiger partial charge in [0.15, 0.2) is 0 Å². The number of nitrogens with zero attached hydrogens (tertiary/aromatic N) is 1. The van der Waals surface area contributed by atoms with Crippen LogP contribution in [-0.4, -0.2) is 75.2 Å². The molecule has 1 amide bonds. The van der Waals surface area contributed by atoms with Crippen LogP contribution in [0.15, 0.2) is 0 Å². The molecule has 0 spiro atoms. The highest BCUT2D eigenvalue weighted by Crippen LogP contribution is 2.34. The summed E-state index contributed by atoms with van der Waals surface area (Å²) in [7, 11) is -4.67. The van der Waals surface area contributed by atoms with Crippen molar-refractivity contribution < 1.29 is 42.1 Å². The predicted molar refractivity (Wildman–Crippen MR) is 85.5 cm³/mol. The molecule has 1 heterocycles. The summed E-state index contributed by atoms with van der Waals surface area (Å²) < 4.78 is 31.6. The van der Waals surface area contributed by atoms with E-state index in [1.165, 1.54) is 4.90 Å². The van der Waals surface area contributed by atoms with Gasteiger partial charge in [0.2, 0.25) is 5.91 Å². The maximum Gasteiger partial charge on any atom is 0.394 e. The summed E-state index contributed by atoms with van der Waals surface area (Å²) in [5.41, 5.74) is -1.13. The first-order valence-corrected chi connectivity index (χ1v) is 8.94. The van der Waals surface area contributed by atoms with Gasteiger partial charge in [0.1, 0.15) is 5.54 Å². The largest absolute Gasteiger partial charge is 0.480 e. The lowest BCUT2D eigenvalue weighted by molar-refractivity contribution is -0.158. The minimum absolute atomic E-state index is 0.325. The van der Waals surface area contributed by atoms with E-state index in [0.717, 1.165) is 0 Å². The molecule has 1 aliphatic rings. The van der Waals surface area contributed by atoms with Gasteiger partial charge in [-0.3, -0.25) is 24.0 Å². The average Bonchev–Trinajstić information content (AvgIpc) is 2.87. The van der Waals surface area contributed by atoms with Crippen LogP contribution in [0.2, 0.25) is 0 Å². The van der Waals surface area contributed by atoms with Gasteiger partial charge in [0.05, 0.1) is 12.6 Å². The van der Waals surface area contributed by atoms with E-state index < -0.39 is 33.9 Å². The maximum atomic E-state index is 12.4. The number of hydrogen-bond donors (Lipinski definition) is 5. The number of carboxylic acids is 2. The van der Waals surface area contributed by atoms with Crippen molar-refractivity contribution in [2.45, 2.75) is 51.1 Å². The first kappa shape index (κ1) is 23.2. The van der Waals surface area contributed by atoms with Crippen LogP contribution in [-0.2, 0) is 24.8 Å². The van der Waals surface area contributed by atoms with Crippen molar-refractivity contribution in [2.24, 2.45) is 0 Å². The highest BCUT2D eigenvalue weighted by molar-refractivity contribution is 7.79. The third kappa shape index (κ3) is 7.77. The Balaban J connectivity index is 0.00000101. The lowest BCUT2D eigenvalue weighted by Crippen LogP contribution is -2.57. The fourth-order valence-electron chi connectivity index (χ4n) is 2.76. The highest BCUT2D eigenvalue weighted by Gasteiger charge is 2.49. The van der Waals surface area contributed by atoms with Gasteiger partial charge in [-0.1, -0.05) is 13.3 Å². The lowest BCUT2D eigenvalue weighted by atomic mass is 9.90. The van der Waals surface area contributed by atoms with Gasteiger partial charge in [0.25, 0.3) is 0 Å². The van der Waals surface area contributed by atoms with Gasteiger partial charge in [-0.25, -0.2) is 4.79 Å². The molecule has 12 heteroatoms. The highest BCUT2D eigenvalue weighted by atomic mass is 32.3. The van der Waals surface area contributed by atoms with Crippen molar-refractivity contribution in [3.05, 3.63) is 0 Å². The number of likely N-dealkylation sites (tertiary alicyclic amines) is 1. The van der Waals surface area contributed by atoms with Gasteiger partial charge < -0.3 is 15.1 Å². The maximum absolute atomic E-state index is 12.4. The van der Waals surface area contributed by atoms with Crippen LogP contribution >= 0.6 is 0 Å². The number of aliphatic carboxylic acids is 2. The molecule has 0 aromatic rings. The number of hydrogen-bond acceptors (Lipinski definition) is 6. The van der Waals surface area contributed by atoms with Gasteiger partial charge in [0, 0.05) is 6.54 Å². The number of rotatable bonds is 7. The molecular formula is C13H24N2O9S. The molecule has 5 N–H and O–H groups in total. The van der Waals surface area contributed by atoms with E-state index >= 15 is 0 Å². The summed E-state index contributed by atoms with van der Waals surface area (Å²) in [6, 6.07) is -0.709. The number of carboxylic acid groups (broad SMARTS) is 2. The Kier molecular flexibility index (Phi) is 8.97. The molecule has 25 heavy (non-hydrogen) atoms. The molecule has 0 saturated carbocycles. The molecule has 1 rings (SSSR count). The van der Waals surface area contributed by atoms with Crippen LogP contribution in [0.1, 0.15) is 39.5 Å². The van der Waals surface area contributed by atoms with E-state index in [-0.39, 0.29) is 12.5 Å². The first-order chi connectivity index (χ1) is 11.3. The van der Waals surface area contributed by atoms with Crippen LogP contribution in [0.5, 0.6) is 0 Å². The van der Waals surface area contributed by atoms with Gasteiger partial charge in [-0.2, -0.15) is 8.42 Å². The van der Waals surface area contributed by atoms with E-state index in [1.807, 2.05) is 6.92 Å². The van der Waals surface area contributed by atoms with Crippen LogP contribution in [0.4, 0.5) is 0 Å². The predicted octanol–water partition coefficient (Wildman–Crippen LogP) is -0.358. The average molecular weight is 384 g/mol. The number of amides is 1. The van der Waals surface area contributed by atoms with Crippen molar-refractivity contribution in [3.8, 4) is 0 Å².